The lowest BCUT2D eigenvalue weighted by atomic mass is 9.92. The highest BCUT2D eigenvalue weighted by molar-refractivity contribution is 5.98. The number of aliphatic carboxylic acids is 1. The summed E-state index contributed by atoms with van der Waals surface area (Å²) in [5.41, 5.74) is 6.95. The van der Waals surface area contributed by atoms with Crippen LogP contribution in [0.3, 0.4) is 0 Å². The number of hydrogen-bond acceptors (Lipinski definition) is 6. The molecule has 4 aromatic rings. The van der Waals surface area contributed by atoms with Gasteiger partial charge in [0.15, 0.2) is 0 Å². The van der Waals surface area contributed by atoms with Crippen LogP contribution in [0.4, 0.5) is 13.2 Å². The van der Waals surface area contributed by atoms with Gasteiger partial charge in [0.25, 0.3) is 0 Å². The highest BCUT2D eigenvalue weighted by atomic mass is 19.4. The number of morpholine rings is 1. The van der Waals surface area contributed by atoms with Gasteiger partial charge < -0.3 is 24.7 Å². The van der Waals surface area contributed by atoms with Crippen LogP contribution in [0.1, 0.15) is 41.3 Å². The minimum absolute atomic E-state index is 0.0913. The fraction of sp³-hybridized carbons (Fsp3) is 0.323. The highest BCUT2D eigenvalue weighted by Crippen LogP contribution is 2.38. The molecule has 0 saturated carbocycles. The number of aromatic nitrogens is 2. The van der Waals surface area contributed by atoms with E-state index < -0.39 is 18.1 Å². The van der Waals surface area contributed by atoms with E-state index in [1.54, 1.807) is 19.4 Å². The molecular formula is C31H32F3N3O6. The van der Waals surface area contributed by atoms with Crippen molar-refractivity contribution in [3.05, 3.63) is 71.4 Å². The smallest absolute Gasteiger partial charge is 0.490 e. The number of carboxylic acids is 2. The van der Waals surface area contributed by atoms with E-state index in [4.69, 9.17) is 19.4 Å². The van der Waals surface area contributed by atoms with Gasteiger partial charge in [-0.2, -0.15) is 13.2 Å². The van der Waals surface area contributed by atoms with Gasteiger partial charge in [0.1, 0.15) is 11.4 Å². The number of aromatic amines is 1. The summed E-state index contributed by atoms with van der Waals surface area (Å²) in [7, 11) is 1.71. The van der Waals surface area contributed by atoms with Gasteiger partial charge in [-0.25, -0.2) is 14.6 Å². The number of H-pyrrole nitrogens is 1. The first-order valence-electron chi connectivity index (χ1n) is 13.5. The lowest BCUT2D eigenvalue weighted by molar-refractivity contribution is -0.192. The Hall–Kier alpha value is -4.42. The maximum Gasteiger partial charge on any atom is 0.490 e. The number of alkyl halides is 3. The summed E-state index contributed by atoms with van der Waals surface area (Å²) in [6.45, 7) is 8.15. The molecule has 0 aliphatic carbocycles. The third-order valence-electron chi connectivity index (χ3n) is 7.08. The lowest BCUT2D eigenvalue weighted by Gasteiger charge is -2.27. The topological polar surface area (TPSA) is 125 Å². The molecule has 0 radical (unpaired) electrons. The van der Waals surface area contributed by atoms with E-state index in [2.05, 4.69) is 39.1 Å². The molecule has 0 bridgehead atoms. The number of halogens is 3. The Morgan fingerprint density at radius 1 is 1.07 bits per heavy atom. The van der Waals surface area contributed by atoms with E-state index in [1.165, 1.54) is 0 Å². The molecule has 0 unspecified atom stereocenters. The zero-order valence-corrected chi connectivity index (χ0v) is 23.9. The van der Waals surface area contributed by atoms with Crippen molar-refractivity contribution < 1.29 is 42.4 Å². The Morgan fingerprint density at radius 3 is 2.37 bits per heavy atom. The first-order valence-corrected chi connectivity index (χ1v) is 13.5. The minimum Gasteiger partial charge on any atom is -0.496 e. The van der Waals surface area contributed by atoms with Crippen LogP contribution in [0, 0.1) is 0 Å². The first kappa shape index (κ1) is 31.5. The molecule has 5 rings (SSSR count). The predicted octanol–water partition coefficient (Wildman–Crippen LogP) is 6.19. The molecule has 228 valence electrons. The Morgan fingerprint density at radius 2 is 1.77 bits per heavy atom. The maximum absolute atomic E-state index is 11.7. The number of nitrogens with zero attached hydrogens (tertiary/aromatic N) is 2. The molecule has 0 amide bonds. The minimum atomic E-state index is -5.08. The zero-order valence-electron chi connectivity index (χ0n) is 23.9. The summed E-state index contributed by atoms with van der Waals surface area (Å²) in [5.74, 6) is -2.72. The van der Waals surface area contributed by atoms with Crippen molar-refractivity contribution in [2.45, 2.75) is 32.5 Å². The Balaban J connectivity index is 0.000000541. The number of nitrogens with one attached hydrogen (secondary N) is 1. The van der Waals surface area contributed by atoms with Crippen LogP contribution in [-0.2, 0) is 16.1 Å². The van der Waals surface area contributed by atoms with Crippen molar-refractivity contribution in [3.8, 4) is 28.1 Å². The molecule has 0 spiro atoms. The molecule has 1 aliphatic rings. The summed E-state index contributed by atoms with van der Waals surface area (Å²) in [4.78, 5) is 31.0. The summed E-state index contributed by atoms with van der Waals surface area (Å²) in [6.07, 6.45) is -3.30. The predicted molar refractivity (Wildman–Crippen MR) is 154 cm³/mol. The molecule has 0 atom stereocenters. The van der Waals surface area contributed by atoms with Gasteiger partial charge in [-0.1, -0.05) is 38.1 Å². The quantitative estimate of drug-likeness (QED) is 0.230. The van der Waals surface area contributed by atoms with Crippen molar-refractivity contribution in [1.29, 1.82) is 0 Å². The van der Waals surface area contributed by atoms with E-state index in [-0.39, 0.29) is 5.92 Å². The second-order valence-corrected chi connectivity index (χ2v) is 10.3. The molecule has 3 N–H and O–H groups in total. The number of rotatable bonds is 7. The Bertz CT molecular complexity index is 1610. The van der Waals surface area contributed by atoms with E-state index in [1.807, 2.05) is 32.0 Å². The van der Waals surface area contributed by atoms with Gasteiger partial charge in [0.05, 0.1) is 31.6 Å². The number of para-hydroxylation sites is 1. The maximum atomic E-state index is 11.7. The van der Waals surface area contributed by atoms with Gasteiger partial charge >= 0.3 is 18.1 Å². The molecular weight excluding hydrogens is 567 g/mol. The standard InChI is InChI=1S/C29H31N3O4.C2HF3O2/c1-18(2)24-15-19(7-8-22(24)29(33)34)21-9-10-30-28-25(21)16-26(31-28)23-6-4-5-20(27(23)35-3)17-32-11-13-36-14-12-32;3-2(4,5)1(6)7/h4-10,15-16,18H,11-14,17H2,1-3H3,(H,30,31)(H,33,34);(H,6,7). The van der Waals surface area contributed by atoms with E-state index >= 15 is 0 Å². The summed E-state index contributed by atoms with van der Waals surface area (Å²) < 4.78 is 43.1. The van der Waals surface area contributed by atoms with Crippen LogP contribution >= 0.6 is 0 Å². The average Bonchev–Trinajstić information content (AvgIpc) is 3.41. The van der Waals surface area contributed by atoms with Crippen LogP contribution < -0.4 is 4.74 Å². The monoisotopic (exact) mass is 599 g/mol. The van der Waals surface area contributed by atoms with Crippen molar-refractivity contribution in [1.82, 2.24) is 14.9 Å². The molecule has 2 aromatic carbocycles. The average molecular weight is 600 g/mol. The van der Waals surface area contributed by atoms with Gasteiger partial charge in [-0.05, 0) is 46.9 Å². The molecule has 12 heteroatoms. The number of carboxylic acid groups (broad SMARTS) is 2. The van der Waals surface area contributed by atoms with Crippen molar-refractivity contribution in [3.63, 3.8) is 0 Å². The summed E-state index contributed by atoms with van der Waals surface area (Å²) in [5, 5.41) is 17.7. The number of pyridine rings is 1. The molecule has 43 heavy (non-hydrogen) atoms. The number of ether oxygens (including phenoxy) is 2. The van der Waals surface area contributed by atoms with E-state index in [0.29, 0.717) is 5.56 Å². The molecule has 2 aromatic heterocycles. The van der Waals surface area contributed by atoms with Gasteiger partial charge in [0.2, 0.25) is 0 Å². The van der Waals surface area contributed by atoms with Crippen LogP contribution in [0.5, 0.6) is 5.75 Å². The first-order chi connectivity index (χ1) is 20.4. The second kappa shape index (κ2) is 13.3. The Kier molecular flexibility index (Phi) is 9.72. The largest absolute Gasteiger partial charge is 0.496 e. The van der Waals surface area contributed by atoms with Crippen LogP contribution in [0.15, 0.2) is 54.7 Å². The van der Waals surface area contributed by atoms with Gasteiger partial charge in [-0.3, -0.25) is 4.90 Å². The van der Waals surface area contributed by atoms with Gasteiger partial charge in [-0.15, -0.1) is 0 Å². The van der Waals surface area contributed by atoms with Gasteiger partial charge in [0, 0.05) is 42.3 Å². The molecule has 3 heterocycles. The normalized spacial score (nSPS) is 13.9. The van der Waals surface area contributed by atoms with Crippen LogP contribution in [0.2, 0.25) is 0 Å². The number of aromatic carboxylic acids is 1. The Labute approximate surface area is 245 Å². The SMILES string of the molecule is COc1c(CN2CCOCC2)cccc1-c1cc2c(-c3ccc(C(=O)O)c(C(C)C)c3)ccnc2[nH]1.O=C(O)C(F)(F)F. The van der Waals surface area contributed by atoms with Crippen LogP contribution in [0.25, 0.3) is 33.4 Å². The fourth-order valence-electron chi connectivity index (χ4n) is 4.99. The zero-order chi connectivity index (χ0) is 31.3. The molecule has 1 fully saturated rings. The van der Waals surface area contributed by atoms with Crippen LogP contribution in [-0.4, -0.2) is 76.6 Å². The summed E-state index contributed by atoms with van der Waals surface area (Å²) in [6, 6.07) is 15.9. The molecule has 1 aliphatic heterocycles. The number of benzene rings is 2. The highest BCUT2D eigenvalue weighted by Gasteiger charge is 2.38. The number of fused-ring (bicyclic) bond motifs is 1. The fourth-order valence-corrected chi connectivity index (χ4v) is 4.99. The van der Waals surface area contributed by atoms with E-state index in [0.717, 1.165) is 83.1 Å². The third kappa shape index (κ3) is 7.33. The lowest BCUT2D eigenvalue weighted by Crippen LogP contribution is -2.35. The molecule has 1 saturated heterocycles. The number of carbonyl (C=O) groups is 2. The summed E-state index contributed by atoms with van der Waals surface area (Å²) >= 11 is 0. The van der Waals surface area contributed by atoms with Crippen molar-refractivity contribution >= 4 is 23.0 Å². The molecule has 9 nitrogen and oxygen atoms in total. The second-order valence-electron chi connectivity index (χ2n) is 10.3. The number of methoxy groups -OCH3 is 1. The third-order valence-corrected chi connectivity index (χ3v) is 7.08. The number of hydrogen-bond donors (Lipinski definition) is 3. The van der Waals surface area contributed by atoms with Crippen molar-refractivity contribution in [2.75, 3.05) is 33.4 Å². The van der Waals surface area contributed by atoms with Crippen molar-refractivity contribution in [2.24, 2.45) is 0 Å². The van der Waals surface area contributed by atoms with E-state index in [9.17, 15) is 23.1 Å².